The minimum atomic E-state index is -0.456. The molecule has 1 fully saturated rings. The fourth-order valence-electron chi connectivity index (χ4n) is 3.88. The Balaban J connectivity index is 1.55. The fourth-order valence-corrected chi connectivity index (χ4v) is 3.88. The van der Waals surface area contributed by atoms with Crippen molar-refractivity contribution in [1.29, 1.82) is 0 Å². The van der Waals surface area contributed by atoms with Crippen LogP contribution in [0.2, 0.25) is 0 Å². The molecule has 6 heteroatoms. The lowest BCUT2D eigenvalue weighted by atomic mass is 9.78. The number of aromatic nitrogens is 3. The van der Waals surface area contributed by atoms with Gasteiger partial charge in [-0.25, -0.2) is 9.50 Å². The molecule has 26 heavy (non-hydrogen) atoms. The standard InChI is InChI=1S/C20H22N4O2/c1-26-17-7-5-16(6-8-17)20(9-2-3-10-20)19(25)22-13-15-14-23-24-12-4-11-21-18(15)24/h4-8,11-12,14H,2-3,9-10,13H2,1H3,(H,22,25). The molecule has 1 aromatic carbocycles. The highest BCUT2D eigenvalue weighted by Crippen LogP contribution is 2.41. The van der Waals surface area contributed by atoms with Crippen molar-refractivity contribution in [3.05, 3.63) is 60.0 Å². The first-order valence-corrected chi connectivity index (χ1v) is 8.93. The van der Waals surface area contributed by atoms with Gasteiger partial charge in [-0.3, -0.25) is 4.79 Å². The van der Waals surface area contributed by atoms with Crippen LogP contribution >= 0.6 is 0 Å². The van der Waals surface area contributed by atoms with E-state index in [1.165, 1.54) is 0 Å². The van der Waals surface area contributed by atoms with Crippen molar-refractivity contribution in [1.82, 2.24) is 19.9 Å². The van der Waals surface area contributed by atoms with Gasteiger partial charge in [0.05, 0.1) is 18.7 Å². The number of fused-ring (bicyclic) bond motifs is 1. The molecular weight excluding hydrogens is 328 g/mol. The van der Waals surface area contributed by atoms with Crippen LogP contribution in [0.3, 0.4) is 0 Å². The minimum Gasteiger partial charge on any atom is -0.497 e. The number of nitrogens with zero attached hydrogens (tertiary/aromatic N) is 3. The first kappa shape index (κ1) is 16.6. The fraction of sp³-hybridized carbons (Fsp3) is 0.350. The van der Waals surface area contributed by atoms with E-state index < -0.39 is 5.41 Å². The molecule has 0 atom stereocenters. The zero-order valence-corrected chi connectivity index (χ0v) is 14.8. The third-order valence-corrected chi connectivity index (χ3v) is 5.33. The summed E-state index contributed by atoms with van der Waals surface area (Å²) in [5.74, 6) is 0.884. The number of hydrogen-bond acceptors (Lipinski definition) is 4. The summed E-state index contributed by atoms with van der Waals surface area (Å²) in [5.41, 5.74) is 2.30. The Labute approximate surface area is 152 Å². The van der Waals surface area contributed by atoms with E-state index in [2.05, 4.69) is 15.4 Å². The number of rotatable bonds is 5. The molecule has 2 aromatic heterocycles. The molecular formula is C20H22N4O2. The topological polar surface area (TPSA) is 68.5 Å². The van der Waals surface area contributed by atoms with Crippen LogP contribution in [0.1, 0.15) is 36.8 Å². The number of methoxy groups -OCH3 is 1. The van der Waals surface area contributed by atoms with Gasteiger partial charge in [0.25, 0.3) is 0 Å². The number of hydrogen-bond donors (Lipinski definition) is 1. The predicted molar refractivity (Wildman–Crippen MR) is 98.0 cm³/mol. The van der Waals surface area contributed by atoms with Crippen molar-refractivity contribution in [2.75, 3.05) is 7.11 Å². The highest BCUT2D eigenvalue weighted by Gasteiger charge is 2.42. The molecule has 0 radical (unpaired) electrons. The number of nitrogens with one attached hydrogen (secondary N) is 1. The summed E-state index contributed by atoms with van der Waals surface area (Å²) in [6, 6.07) is 9.72. The second kappa shape index (κ2) is 6.78. The largest absolute Gasteiger partial charge is 0.497 e. The van der Waals surface area contributed by atoms with Crippen molar-refractivity contribution >= 4 is 11.6 Å². The maximum Gasteiger partial charge on any atom is 0.230 e. The number of carbonyl (C=O) groups is 1. The molecule has 1 amide bonds. The van der Waals surface area contributed by atoms with Crippen LogP contribution in [0.5, 0.6) is 5.75 Å². The molecule has 134 valence electrons. The van der Waals surface area contributed by atoms with Crippen LogP contribution in [0.25, 0.3) is 5.65 Å². The van der Waals surface area contributed by atoms with Gasteiger partial charge in [0.2, 0.25) is 5.91 Å². The van der Waals surface area contributed by atoms with E-state index in [4.69, 9.17) is 4.74 Å². The molecule has 1 aliphatic carbocycles. The van der Waals surface area contributed by atoms with E-state index in [9.17, 15) is 4.79 Å². The Hall–Kier alpha value is -2.89. The van der Waals surface area contributed by atoms with Gasteiger partial charge in [-0.1, -0.05) is 25.0 Å². The van der Waals surface area contributed by atoms with Crippen LogP contribution in [0, 0.1) is 0 Å². The summed E-state index contributed by atoms with van der Waals surface area (Å²) in [6.07, 6.45) is 9.23. The van der Waals surface area contributed by atoms with Crippen LogP contribution < -0.4 is 10.1 Å². The molecule has 4 rings (SSSR count). The SMILES string of the molecule is COc1ccc(C2(C(=O)NCc3cnn4cccnc34)CCCC2)cc1. The Morgan fingerprint density at radius 2 is 2.04 bits per heavy atom. The van der Waals surface area contributed by atoms with Gasteiger partial charge in [-0.15, -0.1) is 0 Å². The molecule has 0 aliphatic heterocycles. The third-order valence-electron chi connectivity index (χ3n) is 5.33. The Morgan fingerprint density at radius 3 is 2.77 bits per heavy atom. The number of amides is 1. The van der Waals surface area contributed by atoms with E-state index in [0.29, 0.717) is 6.54 Å². The van der Waals surface area contributed by atoms with E-state index in [1.54, 1.807) is 24.0 Å². The predicted octanol–water partition coefficient (Wildman–Crippen LogP) is 2.87. The minimum absolute atomic E-state index is 0.0791. The molecule has 1 N–H and O–H groups in total. The van der Waals surface area contributed by atoms with E-state index in [1.807, 2.05) is 36.5 Å². The first-order valence-electron chi connectivity index (χ1n) is 8.93. The summed E-state index contributed by atoms with van der Waals surface area (Å²) in [4.78, 5) is 17.5. The molecule has 1 aliphatic rings. The van der Waals surface area contributed by atoms with Gasteiger partial charge in [-0.2, -0.15) is 5.10 Å². The summed E-state index contributed by atoms with van der Waals surface area (Å²) >= 11 is 0. The average Bonchev–Trinajstić information content (AvgIpc) is 3.34. The summed E-state index contributed by atoms with van der Waals surface area (Å²) in [6.45, 7) is 0.428. The molecule has 6 nitrogen and oxygen atoms in total. The quantitative estimate of drug-likeness (QED) is 0.768. The van der Waals surface area contributed by atoms with Crippen molar-refractivity contribution in [2.24, 2.45) is 0 Å². The maximum absolute atomic E-state index is 13.2. The Kier molecular flexibility index (Phi) is 4.32. The van der Waals surface area contributed by atoms with Crippen molar-refractivity contribution in [2.45, 2.75) is 37.6 Å². The van der Waals surface area contributed by atoms with E-state index >= 15 is 0 Å². The third kappa shape index (κ3) is 2.81. The highest BCUT2D eigenvalue weighted by molar-refractivity contribution is 5.88. The summed E-state index contributed by atoms with van der Waals surface area (Å²) in [5, 5.41) is 7.40. The van der Waals surface area contributed by atoms with Gasteiger partial charge < -0.3 is 10.1 Å². The number of carbonyl (C=O) groups excluding carboxylic acids is 1. The van der Waals surface area contributed by atoms with Crippen molar-refractivity contribution < 1.29 is 9.53 Å². The molecule has 0 saturated heterocycles. The van der Waals surface area contributed by atoms with Gasteiger partial charge in [-0.05, 0) is 36.6 Å². The lowest BCUT2D eigenvalue weighted by molar-refractivity contribution is -0.126. The molecule has 0 bridgehead atoms. The van der Waals surface area contributed by atoms with Gasteiger partial charge in [0.1, 0.15) is 5.75 Å². The highest BCUT2D eigenvalue weighted by atomic mass is 16.5. The lowest BCUT2D eigenvalue weighted by Gasteiger charge is -2.28. The molecule has 2 heterocycles. The van der Waals surface area contributed by atoms with Crippen LogP contribution in [-0.4, -0.2) is 27.6 Å². The smallest absolute Gasteiger partial charge is 0.230 e. The molecule has 1 saturated carbocycles. The van der Waals surface area contributed by atoms with Gasteiger partial charge >= 0.3 is 0 Å². The Bertz CT molecular complexity index is 911. The summed E-state index contributed by atoms with van der Waals surface area (Å²) < 4.78 is 6.96. The van der Waals surface area contributed by atoms with Gasteiger partial charge in [0.15, 0.2) is 5.65 Å². The second-order valence-corrected chi connectivity index (χ2v) is 6.76. The van der Waals surface area contributed by atoms with Crippen LogP contribution in [-0.2, 0) is 16.8 Å². The van der Waals surface area contributed by atoms with Crippen LogP contribution in [0.4, 0.5) is 0 Å². The average molecular weight is 350 g/mol. The second-order valence-electron chi connectivity index (χ2n) is 6.76. The first-order chi connectivity index (χ1) is 12.7. The Morgan fingerprint density at radius 1 is 1.27 bits per heavy atom. The van der Waals surface area contributed by atoms with Crippen molar-refractivity contribution in [3.63, 3.8) is 0 Å². The lowest BCUT2D eigenvalue weighted by Crippen LogP contribution is -2.42. The summed E-state index contributed by atoms with van der Waals surface area (Å²) in [7, 11) is 1.65. The molecule has 3 aromatic rings. The number of ether oxygens (including phenoxy) is 1. The van der Waals surface area contributed by atoms with Crippen molar-refractivity contribution in [3.8, 4) is 5.75 Å². The zero-order valence-electron chi connectivity index (χ0n) is 14.8. The number of benzene rings is 1. The normalized spacial score (nSPS) is 15.9. The molecule has 0 unspecified atom stereocenters. The van der Waals surface area contributed by atoms with Gasteiger partial charge in [0, 0.05) is 24.5 Å². The zero-order chi connectivity index (χ0) is 18.0. The monoisotopic (exact) mass is 350 g/mol. The van der Waals surface area contributed by atoms with Crippen LogP contribution in [0.15, 0.2) is 48.9 Å². The van der Waals surface area contributed by atoms with E-state index in [0.717, 1.165) is 48.2 Å². The maximum atomic E-state index is 13.2. The van der Waals surface area contributed by atoms with E-state index in [-0.39, 0.29) is 5.91 Å². The molecule has 0 spiro atoms.